The fourth-order valence-electron chi connectivity index (χ4n) is 1.88. The highest BCUT2D eigenvalue weighted by Crippen LogP contribution is 2.17. The highest BCUT2D eigenvalue weighted by molar-refractivity contribution is 6.03. The molecule has 0 radical (unpaired) electrons. The number of para-hydroxylation sites is 1. The summed E-state index contributed by atoms with van der Waals surface area (Å²) in [4.78, 5) is 31.7. The number of rotatable bonds is 4. The van der Waals surface area contributed by atoms with E-state index >= 15 is 0 Å². The van der Waals surface area contributed by atoms with Crippen LogP contribution >= 0.6 is 0 Å². The van der Waals surface area contributed by atoms with E-state index < -0.39 is 5.97 Å². The number of hydrogen-bond donors (Lipinski definition) is 0. The average molecular weight is 282 g/mol. The third kappa shape index (κ3) is 2.64. The van der Waals surface area contributed by atoms with Crippen LogP contribution in [0.3, 0.4) is 0 Å². The second-order valence-electron chi connectivity index (χ2n) is 4.24. The van der Waals surface area contributed by atoms with Crippen LogP contribution in [0.1, 0.15) is 20.7 Å². The highest BCUT2D eigenvalue weighted by atomic mass is 16.5. The van der Waals surface area contributed by atoms with Gasteiger partial charge in [-0.25, -0.2) is 9.78 Å². The van der Waals surface area contributed by atoms with E-state index in [0.717, 1.165) is 0 Å². The van der Waals surface area contributed by atoms with Gasteiger partial charge in [0.2, 0.25) is 0 Å². The summed E-state index contributed by atoms with van der Waals surface area (Å²) in [6.07, 6.45) is 4.26. The van der Waals surface area contributed by atoms with Crippen LogP contribution in [0.15, 0.2) is 53.5 Å². The van der Waals surface area contributed by atoms with Crippen molar-refractivity contribution in [2.75, 3.05) is 6.61 Å². The average Bonchev–Trinajstić information content (AvgIpc) is 3.01. The molecule has 0 unspecified atom stereocenters. The van der Waals surface area contributed by atoms with Crippen LogP contribution in [0, 0.1) is 0 Å². The van der Waals surface area contributed by atoms with Crippen LogP contribution in [0.2, 0.25) is 0 Å². The molecule has 0 saturated carbocycles. The molecule has 0 N–H and O–H groups in total. The van der Waals surface area contributed by atoms with Crippen LogP contribution in [0.4, 0.5) is 0 Å². The van der Waals surface area contributed by atoms with Crippen molar-refractivity contribution in [1.82, 2.24) is 9.97 Å². The van der Waals surface area contributed by atoms with Crippen molar-refractivity contribution in [2.45, 2.75) is 0 Å². The Kier molecular flexibility index (Phi) is 3.42. The van der Waals surface area contributed by atoms with Crippen molar-refractivity contribution in [3.63, 3.8) is 0 Å². The third-order valence-corrected chi connectivity index (χ3v) is 2.92. The summed E-state index contributed by atoms with van der Waals surface area (Å²) >= 11 is 0. The number of carbonyl (C=O) groups excluding carboxylic acids is 2. The SMILES string of the molecule is O=C(COC(=O)c1cccc2ocnc12)c1ccncc1. The molecule has 0 atom stereocenters. The summed E-state index contributed by atoms with van der Waals surface area (Å²) in [6.45, 7) is -0.336. The van der Waals surface area contributed by atoms with Crippen molar-refractivity contribution in [1.29, 1.82) is 0 Å². The van der Waals surface area contributed by atoms with Gasteiger partial charge in [0, 0.05) is 18.0 Å². The number of esters is 1. The fourth-order valence-corrected chi connectivity index (χ4v) is 1.88. The van der Waals surface area contributed by atoms with Crippen molar-refractivity contribution in [3.05, 3.63) is 60.2 Å². The van der Waals surface area contributed by atoms with Crippen LogP contribution < -0.4 is 0 Å². The van der Waals surface area contributed by atoms with Gasteiger partial charge in [0.15, 0.2) is 24.4 Å². The summed E-state index contributed by atoms with van der Waals surface area (Å²) < 4.78 is 10.1. The molecule has 0 amide bonds. The molecule has 3 rings (SSSR count). The summed E-state index contributed by atoms with van der Waals surface area (Å²) in [6, 6.07) is 8.06. The van der Waals surface area contributed by atoms with Gasteiger partial charge < -0.3 is 9.15 Å². The number of ether oxygens (including phenoxy) is 1. The molecule has 6 nitrogen and oxygen atoms in total. The number of fused-ring (bicyclic) bond motifs is 1. The minimum Gasteiger partial charge on any atom is -0.454 e. The quantitative estimate of drug-likeness (QED) is 0.539. The van der Waals surface area contributed by atoms with E-state index in [1.54, 1.807) is 30.3 Å². The first kappa shape index (κ1) is 13.0. The molecular weight excluding hydrogens is 272 g/mol. The maximum Gasteiger partial charge on any atom is 0.340 e. The minimum atomic E-state index is -0.614. The number of hydrogen-bond acceptors (Lipinski definition) is 6. The van der Waals surface area contributed by atoms with Crippen molar-refractivity contribution in [3.8, 4) is 0 Å². The highest BCUT2D eigenvalue weighted by Gasteiger charge is 2.16. The van der Waals surface area contributed by atoms with Gasteiger partial charge >= 0.3 is 5.97 Å². The van der Waals surface area contributed by atoms with Crippen molar-refractivity contribution >= 4 is 22.9 Å². The number of oxazole rings is 1. The van der Waals surface area contributed by atoms with Crippen LogP contribution in [0.5, 0.6) is 0 Å². The number of carbonyl (C=O) groups is 2. The first-order valence-corrected chi connectivity index (χ1v) is 6.18. The molecule has 0 fully saturated rings. The van der Waals surface area contributed by atoms with Gasteiger partial charge in [-0.1, -0.05) is 6.07 Å². The Morgan fingerprint density at radius 2 is 1.95 bits per heavy atom. The van der Waals surface area contributed by atoms with Gasteiger partial charge in [0.1, 0.15) is 5.52 Å². The van der Waals surface area contributed by atoms with Crippen LogP contribution in [-0.4, -0.2) is 28.3 Å². The first-order valence-electron chi connectivity index (χ1n) is 6.18. The van der Waals surface area contributed by atoms with Gasteiger partial charge in [0.05, 0.1) is 5.56 Å². The molecule has 0 spiro atoms. The van der Waals surface area contributed by atoms with E-state index in [1.165, 1.54) is 18.8 Å². The second kappa shape index (κ2) is 5.54. The Labute approximate surface area is 119 Å². The lowest BCUT2D eigenvalue weighted by Crippen LogP contribution is -2.14. The van der Waals surface area contributed by atoms with Crippen molar-refractivity contribution < 1.29 is 18.7 Å². The Hall–Kier alpha value is -3.02. The van der Waals surface area contributed by atoms with Gasteiger partial charge in [-0.15, -0.1) is 0 Å². The zero-order valence-corrected chi connectivity index (χ0v) is 10.9. The third-order valence-electron chi connectivity index (χ3n) is 2.92. The van der Waals surface area contributed by atoms with Crippen LogP contribution in [0.25, 0.3) is 11.1 Å². The molecule has 6 heteroatoms. The van der Waals surface area contributed by atoms with E-state index in [-0.39, 0.29) is 18.0 Å². The maximum absolute atomic E-state index is 12.0. The monoisotopic (exact) mass is 282 g/mol. The molecule has 21 heavy (non-hydrogen) atoms. The van der Waals surface area contributed by atoms with Gasteiger partial charge in [-0.2, -0.15) is 0 Å². The standard InChI is InChI=1S/C15H10N2O4/c18-12(10-4-6-16-7-5-10)8-20-15(19)11-2-1-3-13-14(11)17-9-21-13/h1-7,9H,8H2. The number of ketones is 1. The number of benzene rings is 1. The lowest BCUT2D eigenvalue weighted by Gasteiger charge is -2.04. The molecule has 104 valence electrons. The second-order valence-corrected chi connectivity index (χ2v) is 4.24. The lowest BCUT2D eigenvalue weighted by atomic mass is 10.2. The molecule has 0 saturated heterocycles. The number of Topliss-reactive ketones (excluding diaryl/α,β-unsaturated/α-hetero) is 1. The Bertz CT molecular complexity index is 796. The maximum atomic E-state index is 12.0. The normalized spacial score (nSPS) is 10.5. The smallest absolute Gasteiger partial charge is 0.340 e. The van der Waals surface area contributed by atoms with E-state index in [0.29, 0.717) is 16.7 Å². The summed E-state index contributed by atoms with van der Waals surface area (Å²) in [5.74, 6) is -0.907. The minimum absolute atomic E-state index is 0.267. The van der Waals surface area contributed by atoms with E-state index in [4.69, 9.17) is 9.15 Å². The molecule has 3 aromatic rings. The molecule has 0 aliphatic heterocycles. The number of pyridine rings is 1. The zero-order valence-electron chi connectivity index (χ0n) is 10.9. The molecular formula is C15H10N2O4. The van der Waals surface area contributed by atoms with E-state index in [9.17, 15) is 9.59 Å². The zero-order chi connectivity index (χ0) is 14.7. The molecule has 1 aromatic carbocycles. The summed E-state index contributed by atoms with van der Waals surface area (Å²) in [7, 11) is 0. The molecule has 2 aromatic heterocycles. The first-order chi connectivity index (χ1) is 10.3. The molecule has 2 heterocycles. The largest absolute Gasteiger partial charge is 0.454 e. The fraction of sp³-hybridized carbons (Fsp3) is 0.0667. The molecule has 0 bridgehead atoms. The van der Waals surface area contributed by atoms with Crippen LogP contribution in [-0.2, 0) is 4.74 Å². The number of aromatic nitrogens is 2. The Balaban J connectivity index is 1.72. The molecule has 0 aliphatic carbocycles. The summed E-state index contributed by atoms with van der Waals surface area (Å²) in [5, 5.41) is 0. The predicted octanol–water partition coefficient (Wildman–Crippen LogP) is 2.26. The predicted molar refractivity (Wildman–Crippen MR) is 72.9 cm³/mol. The van der Waals surface area contributed by atoms with Gasteiger partial charge in [-0.05, 0) is 24.3 Å². The van der Waals surface area contributed by atoms with Gasteiger partial charge in [-0.3, -0.25) is 9.78 Å². The lowest BCUT2D eigenvalue weighted by molar-refractivity contribution is 0.0476. The van der Waals surface area contributed by atoms with Gasteiger partial charge in [0.25, 0.3) is 0 Å². The molecule has 0 aliphatic rings. The summed E-state index contributed by atoms with van der Waals surface area (Å²) in [5.41, 5.74) is 1.62. The Morgan fingerprint density at radius 3 is 2.76 bits per heavy atom. The van der Waals surface area contributed by atoms with Crippen molar-refractivity contribution in [2.24, 2.45) is 0 Å². The van der Waals surface area contributed by atoms with E-state index in [1.807, 2.05) is 0 Å². The topological polar surface area (TPSA) is 82.3 Å². The Morgan fingerprint density at radius 1 is 1.14 bits per heavy atom. The van der Waals surface area contributed by atoms with E-state index in [2.05, 4.69) is 9.97 Å². The number of nitrogens with zero attached hydrogens (tertiary/aromatic N) is 2.